The molecule has 1 unspecified atom stereocenters. The maximum atomic E-state index is 12.1. The zero-order valence-corrected chi connectivity index (χ0v) is 18.0. The van der Waals surface area contributed by atoms with Gasteiger partial charge in [-0.05, 0) is 63.9 Å². The van der Waals surface area contributed by atoms with Crippen molar-refractivity contribution in [2.75, 3.05) is 0 Å². The van der Waals surface area contributed by atoms with Gasteiger partial charge < -0.3 is 19.7 Å². The Balaban J connectivity index is 1.24. The van der Waals surface area contributed by atoms with E-state index in [4.69, 9.17) is 4.74 Å². The predicted molar refractivity (Wildman–Crippen MR) is 114 cm³/mol. The summed E-state index contributed by atoms with van der Waals surface area (Å²) in [5, 5.41) is 14.3. The van der Waals surface area contributed by atoms with Gasteiger partial charge in [0.2, 0.25) is 0 Å². The van der Waals surface area contributed by atoms with Gasteiger partial charge in [0.15, 0.2) is 0 Å². The molecule has 2 N–H and O–H groups in total. The number of aliphatic hydroxyl groups is 1. The van der Waals surface area contributed by atoms with E-state index in [9.17, 15) is 9.90 Å². The summed E-state index contributed by atoms with van der Waals surface area (Å²) in [5.41, 5.74) is 3.18. The average molecular weight is 410 g/mol. The minimum absolute atomic E-state index is 0.0188. The molecule has 2 aliphatic carbocycles. The maximum Gasteiger partial charge on any atom is 0.407 e. The van der Waals surface area contributed by atoms with E-state index in [1.807, 2.05) is 33.3 Å². The second-order valence-corrected chi connectivity index (χ2v) is 10.3. The molecular formula is C24H31N3O3. The molecule has 6 heteroatoms. The van der Waals surface area contributed by atoms with Gasteiger partial charge >= 0.3 is 6.09 Å². The number of hydrogen-bond donors (Lipinski definition) is 2. The number of nitrogens with one attached hydrogen (secondary N) is 1. The molecule has 0 radical (unpaired) electrons. The van der Waals surface area contributed by atoms with E-state index in [0.29, 0.717) is 0 Å². The zero-order valence-electron chi connectivity index (χ0n) is 18.0. The summed E-state index contributed by atoms with van der Waals surface area (Å²) in [6.45, 7) is 5.63. The van der Waals surface area contributed by atoms with E-state index >= 15 is 0 Å². The number of hydrogen-bond acceptors (Lipinski definition) is 4. The molecule has 0 bridgehead atoms. The van der Waals surface area contributed by atoms with Gasteiger partial charge in [0.05, 0.1) is 30.4 Å². The minimum Gasteiger partial charge on any atom is -0.444 e. The van der Waals surface area contributed by atoms with Crippen LogP contribution in [0.1, 0.15) is 64.5 Å². The van der Waals surface area contributed by atoms with Crippen LogP contribution >= 0.6 is 0 Å². The van der Waals surface area contributed by atoms with E-state index in [-0.39, 0.29) is 35.6 Å². The number of ether oxygens (including phenoxy) is 1. The van der Waals surface area contributed by atoms with Gasteiger partial charge in [-0.25, -0.2) is 9.78 Å². The van der Waals surface area contributed by atoms with Gasteiger partial charge in [-0.3, -0.25) is 0 Å². The van der Waals surface area contributed by atoms with Crippen LogP contribution in [0.25, 0.3) is 11.3 Å². The molecule has 2 fully saturated rings. The first-order valence-electron chi connectivity index (χ1n) is 11.1. The summed E-state index contributed by atoms with van der Waals surface area (Å²) >= 11 is 0. The highest BCUT2D eigenvalue weighted by atomic mass is 16.6. The van der Waals surface area contributed by atoms with Crippen LogP contribution in [-0.2, 0) is 4.74 Å². The van der Waals surface area contributed by atoms with E-state index in [1.54, 1.807) is 0 Å². The van der Waals surface area contributed by atoms with Gasteiger partial charge in [0.1, 0.15) is 5.60 Å². The Bertz CT molecular complexity index is 953. The minimum atomic E-state index is -0.485. The number of carbonyl (C=O) groups excluding carboxylic acids is 1. The van der Waals surface area contributed by atoms with Crippen molar-refractivity contribution in [3.63, 3.8) is 0 Å². The first kappa shape index (κ1) is 19.6. The molecule has 5 rings (SSSR count). The Morgan fingerprint density at radius 3 is 2.70 bits per heavy atom. The lowest BCUT2D eigenvalue weighted by Gasteiger charge is -2.57. The Labute approximate surface area is 177 Å². The number of carbonyl (C=O) groups is 1. The van der Waals surface area contributed by atoms with Crippen LogP contribution in [0.2, 0.25) is 0 Å². The molecule has 0 saturated heterocycles. The molecule has 3 aliphatic rings. The number of nitrogens with zero attached hydrogens (tertiary/aromatic N) is 2. The van der Waals surface area contributed by atoms with E-state index in [1.165, 1.54) is 11.1 Å². The van der Waals surface area contributed by atoms with Crippen LogP contribution in [0.5, 0.6) is 0 Å². The van der Waals surface area contributed by atoms with E-state index < -0.39 is 5.60 Å². The van der Waals surface area contributed by atoms with E-state index in [2.05, 4.69) is 39.1 Å². The molecule has 6 nitrogen and oxygen atoms in total. The summed E-state index contributed by atoms with van der Waals surface area (Å²) < 4.78 is 7.63. The van der Waals surface area contributed by atoms with Crippen LogP contribution in [0.3, 0.4) is 0 Å². The number of fused-ring (bicyclic) bond motifs is 3. The number of aliphatic hydroxyl groups excluding tert-OH is 1. The van der Waals surface area contributed by atoms with Crippen molar-refractivity contribution in [1.82, 2.24) is 14.9 Å². The molecule has 2 heterocycles. The Morgan fingerprint density at radius 1 is 1.27 bits per heavy atom. The molecule has 30 heavy (non-hydrogen) atoms. The summed E-state index contributed by atoms with van der Waals surface area (Å²) in [7, 11) is 0. The quantitative estimate of drug-likeness (QED) is 0.776. The number of rotatable bonds is 2. The maximum absolute atomic E-state index is 12.1. The fourth-order valence-electron chi connectivity index (χ4n) is 5.90. The fraction of sp³-hybridized carbons (Fsp3) is 0.583. The topological polar surface area (TPSA) is 76.4 Å². The lowest BCUT2D eigenvalue weighted by Crippen LogP contribution is -2.58. The normalized spacial score (nSPS) is 32.3. The summed E-state index contributed by atoms with van der Waals surface area (Å²) in [6, 6.07) is 8.78. The lowest BCUT2D eigenvalue weighted by atomic mass is 9.51. The zero-order chi connectivity index (χ0) is 21.1. The van der Waals surface area contributed by atoms with Crippen molar-refractivity contribution in [2.45, 2.75) is 76.7 Å². The van der Waals surface area contributed by atoms with Crippen molar-refractivity contribution in [3.8, 4) is 11.3 Å². The third-order valence-electron chi connectivity index (χ3n) is 7.30. The van der Waals surface area contributed by atoms with Gasteiger partial charge in [-0.15, -0.1) is 0 Å². The Morgan fingerprint density at radius 2 is 2.00 bits per heavy atom. The highest BCUT2D eigenvalue weighted by Gasteiger charge is 2.57. The SMILES string of the molecule is CC(C)(C)OC(=O)NC1CCC2(CC1)C[C@H](C1c3ccccc3-c3cncn31)[C@H]2O. The number of benzene rings is 1. The third-order valence-corrected chi connectivity index (χ3v) is 7.30. The van der Waals surface area contributed by atoms with Crippen molar-refractivity contribution in [1.29, 1.82) is 0 Å². The Kier molecular flexibility index (Phi) is 4.47. The van der Waals surface area contributed by atoms with Gasteiger partial charge in [0, 0.05) is 17.5 Å². The fourth-order valence-corrected chi connectivity index (χ4v) is 5.90. The van der Waals surface area contributed by atoms with Crippen LogP contribution < -0.4 is 5.32 Å². The second kappa shape index (κ2) is 6.84. The van der Waals surface area contributed by atoms with Gasteiger partial charge in [0.25, 0.3) is 0 Å². The van der Waals surface area contributed by atoms with Crippen molar-refractivity contribution < 1.29 is 14.6 Å². The van der Waals surface area contributed by atoms with Crippen LogP contribution in [0, 0.1) is 11.3 Å². The molecule has 1 aromatic heterocycles. The molecular weight excluding hydrogens is 378 g/mol. The number of alkyl carbamates (subject to hydrolysis) is 1. The number of aromatic nitrogens is 2. The third kappa shape index (κ3) is 3.13. The highest BCUT2D eigenvalue weighted by Crippen LogP contribution is 2.60. The highest BCUT2D eigenvalue weighted by molar-refractivity contribution is 5.69. The Hall–Kier alpha value is -2.34. The van der Waals surface area contributed by atoms with Crippen molar-refractivity contribution in [2.24, 2.45) is 11.3 Å². The largest absolute Gasteiger partial charge is 0.444 e. The molecule has 2 aromatic rings. The molecule has 3 atom stereocenters. The van der Waals surface area contributed by atoms with E-state index in [0.717, 1.165) is 37.8 Å². The van der Waals surface area contributed by atoms with Crippen molar-refractivity contribution >= 4 is 6.09 Å². The molecule has 2 saturated carbocycles. The number of amides is 1. The van der Waals surface area contributed by atoms with Crippen LogP contribution in [0.4, 0.5) is 4.79 Å². The summed E-state index contributed by atoms with van der Waals surface area (Å²) in [5.74, 6) is 0.206. The molecule has 1 spiro atoms. The van der Waals surface area contributed by atoms with Crippen LogP contribution in [-0.4, -0.2) is 38.5 Å². The summed E-state index contributed by atoms with van der Waals surface area (Å²) in [4.78, 5) is 16.4. The van der Waals surface area contributed by atoms with Gasteiger partial charge in [-0.2, -0.15) is 0 Å². The second-order valence-electron chi connectivity index (χ2n) is 10.3. The smallest absolute Gasteiger partial charge is 0.407 e. The molecule has 1 amide bonds. The average Bonchev–Trinajstić information content (AvgIpc) is 3.27. The monoisotopic (exact) mass is 409 g/mol. The number of imidazole rings is 1. The lowest BCUT2D eigenvalue weighted by molar-refractivity contribution is -0.152. The molecule has 1 aliphatic heterocycles. The predicted octanol–water partition coefficient (Wildman–Crippen LogP) is 4.29. The molecule has 160 valence electrons. The van der Waals surface area contributed by atoms with Crippen molar-refractivity contribution in [3.05, 3.63) is 42.4 Å². The standard InChI is InChI=1S/C24H31N3O3/c1-23(2,3)30-22(29)26-15-8-10-24(11-9-15)12-18(21(24)28)20-17-7-5-4-6-16(17)19-13-25-14-27(19)20/h4-7,13-15,18,20-21,28H,8-12H2,1-3H3,(H,26,29)/t15?,18-,20?,21-,24?/m1/s1. The first-order valence-corrected chi connectivity index (χ1v) is 11.1. The summed E-state index contributed by atoms with van der Waals surface area (Å²) in [6.07, 6.45) is 7.83. The van der Waals surface area contributed by atoms with Gasteiger partial charge in [-0.1, -0.05) is 24.3 Å². The van der Waals surface area contributed by atoms with Crippen LogP contribution in [0.15, 0.2) is 36.8 Å². The molecule has 1 aromatic carbocycles. The first-order chi connectivity index (χ1) is 14.3.